The molecular weight excluding hydrogens is 331 g/mol. The summed E-state index contributed by atoms with van der Waals surface area (Å²) in [6.07, 6.45) is 0.560. The van der Waals surface area contributed by atoms with Crippen molar-refractivity contribution < 1.29 is 22.7 Å². The van der Waals surface area contributed by atoms with E-state index in [1.165, 1.54) is 6.07 Å². The van der Waals surface area contributed by atoms with E-state index in [1.54, 1.807) is 17.0 Å². The summed E-state index contributed by atoms with van der Waals surface area (Å²) in [6.45, 7) is 6.67. The molecule has 1 fully saturated rings. The molecule has 0 aromatic heterocycles. The zero-order valence-electron chi connectivity index (χ0n) is 14.8. The van der Waals surface area contributed by atoms with Crippen LogP contribution in [0.25, 0.3) is 6.08 Å². The molecule has 1 aromatic carbocycles. The summed E-state index contributed by atoms with van der Waals surface area (Å²) in [5.74, 6) is 0.244. The van der Waals surface area contributed by atoms with E-state index in [2.05, 4.69) is 0 Å². The smallest absolute Gasteiger partial charge is 0.416 e. The second-order valence-corrected chi connectivity index (χ2v) is 7.29. The maximum Gasteiger partial charge on any atom is 0.416 e. The topological polar surface area (TPSA) is 29.5 Å². The van der Waals surface area contributed by atoms with Crippen LogP contribution in [0.4, 0.5) is 18.0 Å². The van der Waals surface area contributed by atoms with Crippen LogP contribution in [0, 0.1) is 5.92 Å². The van der Waals surface area contributed by atoms with E-state index in [0.717, 1.165) is 25.0 Å². The number of nitrogens with zero attached hydrogens (tertiary/aromatic N) is 1. The summed E-state index contributed by atoms with van der Waals surface area (Å²) < 4.78 is 43.5. The third-order valence-electron chi connectivity index (χ3n) is 3.97. The van der Waals surface area contributed by atoms with Crippen molar-refractivity contribution >= 4 is 12.2 Å². The molecule has 1 aliphatic heterocycles. The summed E-state index contributed by atoms with van der Waals surface area (Å²) in [4.78, 5) is 13.7. The summed E-state index contributed by atoms with van der Waals surface area (Å²) >= 11 is 0. The maximum absolute atomic E-state index is 12.7. The largest absolute Gasteiger partial charge is 0.444 e. The summed E-state index contributed by atoms with van der Waals surface area (Å²) in [5.41, 5.74) is -0.629. The zero-order valence-corrected chi connectivity index (χ0v) is 14.8. The van der Waals surface area contributed by atoms with Crippen LogP contribution in [0.2, 0.25) is 0 Å². The van der Waals surface area contributed by atoms with Crippen molar-refractivity contribution in [2.75, 3.05) is 13.1 Å². The quantitative estimate of drug-likeness (QED) is 0.714. The lowest BCUT2D eigenvalue weighted by Gasteiger charge is -2.32. The van der Waals surface area contributed by atoms with Gasteiger partial charge in [-0.2, -0.15) is 13.2 Å². The molecule has 1 heterocycles. The van der Waals surface area contributed by atoms with Crippen LogP contribution in [0.3, 0.4) is 0 Å². The highest BCUT2D eigenvalue weighted by atomic mass is 19.4. The molecule has 0 spiro atoms. The molecule has 6 heteroatoms. The Balaban J connectivity index is 1.90. The van der Waals surface area contributed by atoms with E-state index in [1.807, 2.05) is 26.8 Å². The lowest BCUT2D eigenvalue weighted by Crippen LogP contribution is -2.41. The highest BCUT2D eigenvalue weighted by Gasteiger charge is 2.30. The van der Waals surface area contributed by atoms with Crippen molar-refractivity contribution in [3.8, 4) is 0 Å². The fraction of sp³-hybridized carbons (Fsp3) is 0.526. The Morgan fingerprint density at radius 1 is 1.20 bits per heavy atom. The molecule has 0 aliphatic carbocycles. The standard InChI is InChI=1S/C19H24F3NO2/c1-18(2,3)25-17(24)23-11-9-14(10-12-23)7-8-15-5-4-6-16(13-15)19(20,21)22/h4-8,13-14H,9-12H2,1-3H3. The highest BCUT2D eigenvalue weighted by molar-refractivity contribution is 5.68. The van der Waals surface area contributed by atoms with Crippen LogP contribution in [0.15, 0.2) is 30.3 Å². The van der Waals surface area contributed by atoms with E-state index < -0.39 is 17.3 Å². The lowest BCUT2D eigenvalue weighted by molar-refractivity contribution is -0.137. The van der Waals surface area contributed by atoms with Crippen LogP contribution in [-0.2, 0) is 10.9 Å². The number of allylic oxidation sites excluding steroid dienone is 1. The molecule has 1 aliphatic rings. The number of carbonyl (C=O) groups excluding carboxylic acids is 1. The van der Waals surface area contributed by atoms with Gasteiger partial charge in [-0.15, -0.1) is 0 Å². The molecule has 3 nitrogen and oxygen atoms in total. The minimum atomic E-state index is -4.33. The maximum atomic E-state index is 12.7. The Hall–Kier alpha value is -1.98. The number of rotatable bonds is 2. The number of hydrogen-bond donors (Lipinski definition) is 0. The molecular formula is C19H24F3NO2. The van der Waals surface area contributed by atoms with Gasteiger partial charge in [0.05, 0.1) is 5.56 Å². The average Bonchev–Trinajstić information content (AvgIpc) is 2.51. The first kappa shape index (κ1) is 19.3. The molecule has 138 valence electrons. The molecule has 1 amide bonds. The van der Waals surface area contributed by atoms with Crippen LogP contribution in [-0.4, -0.2) is 29.7 Å². The van der Waals surface area contributed by atoms with Gasteiger partial charge in [-0.25, -0.2) is 4.79 Å². The van der Waals surface area contributed by atoms with Gasteiger partial charge in [0.1, 0.15) is 5.60 Å². The van der Waals surface area contributed by atoms with Crippen molar-refractivity contribution in [3.05, 3.63) is 41.5 Å². The number of piperidine rings is 1. The Bertz CT molecular complexity index is 624. The van der Waals surface area contributed by atoms with Gasteiger partial charge in [-0.05, 0) is 57.2 Å². The predicted molar refractivity (Wildman–Crippen MR) is 91.0 cm³/mol. The van der Waals surface area contributed by atoms with Gasteiger partial charge in [0, 0.05) is 13.1 Å². The Morgan fingerprint density at radius 2 is 1.84 bits per heavy atom. The predicted octanol–water partition coefficient (Wildman–Crippen LogP) is 5.37. The van der Waals surface area contributed by atoms with Crippen LogP contribution < -0.4 is 0 Å². The van der Waals surface area contributed by atoms with Gasteiger partial charge in [-0.3, -0.25) is 0 Å². The Labute approximate surface area is 146 Å². The number of ether oxygens (including phenoxy) is 1. The minimum Gasteiger partial charge on any atom is -0.444 e. The fourth-order valence-corrected chi connectivity index (χ4v) is 2.67. The SMILES string of the molecule is CC(C)(C)OC(=O)N1CCC(C=Cc2cccc(C(F)(F)F)c2)CC1. The molecule has 1 aromatic rings. The normalized spacial score (nSPS) is 17.1. The molecule has 0 radical (unpaired) electrons. The number of likely N-dealkylation sites (tertiary alicyclic amines) is 1. The van der Waals surface area contributed by atoms with Crippen molar-refractivity contribution in [2.45, 2.75) is 45.4 Å². The number of benzene rings is 1. The molecule has 1 saturated heterocycles. The van der Waals surface area contributed by atoms with Crippen LogP contribution >= 0.6 is 0 Å². The van der Waals surface area contributed by atoms with Crippen molar-refractivity contribution in [3.63, 3.8) is 0 Å². The van der Waals surface area contributed by atoms with E-state index in [4.69, 9.17) is 4.74 Å². The van der Waals surface area contributed by atoms with Gasteiger partial charge in [0.15, 0.2) is 0 Å². The van der Waals surface area contributed by atoms with Crippen molar-refractivity contribution in [1.29, 1.82) is 0 Å². The fourth-order valence-electron chi connectivity index (χ4n) is 2.67. The van der Waals surface area contributed by atoms with Gasteiger partial charge in [0.25, 0.3) is 0 Å². The molecule has 0 unspecified atom stereocenters. The van der Waals surface area contributed by atoms with Gasteiger partial charge < -0.3 is 9.64 Å². The van der Waals surface area contributed by atoms with Gasteiger partial charge in [0.2, 0.25) is 0 Å². The van der Waals surface area contributed by atoms with E-state index in [0.29, 0.717) is 18.7 Å². The van der Waals surface area contributed by atoms with Crippen LogP contribution in [0.1, 0.15) is 44.7 Å². The molecule has 0 N–H and O–H groups in total. The lowest BCUT2D eigenvalue weighted by atomic mass is 9.95. The molecule has 0 atom stereocenters. The number of alkyl halides is 3. The van der Waals surface area contributed by atoms with Gasteiger partial charge in [-0.1, -0.05) is 24.3 Å². The second kappa shape index (κ2) is 7.50. The van der Waals surface area contributed by atoms with E-state index >= 15 is 0 Å². The summed E-state index contributed by atoms with van der Waals surface area (Å²) in [5, 5.41) is 0. The minimum absolute atomic E-state index is 0.244. The first-order valence-electron chi connectivity index (χ1n) is 8.38. The summed E-state index contributed by atoms with van der Waals surface area (Å²) in [6, 6.07) is 5.28. The molecule has 0 bridgehead atoms. The van der Waals surface area contributed by atoms with Crippen molar-refractivity contribution in [1.82, 2.24) is 4.90 Å². The number of halogens is 3. The van der Waals surface area contributed by atoms with Crippen LogP contribution in [0.5, 0.6) is 0 Å². The second-order valence-electron chi connectivity index (χ2n) is 7.29. The monoisotopic (exact) mass is 355 g/mol. The van der Waals surface area contributed by atoms with E-state index in [-0.39, 0.29) is 12.0 Å². The molecule has 2 rings (SSSR count). The van der Waals surface area contributed by atoms with Crippen molar-refractivity contribution in [2.24, 2.45) is 5.92 Å². The Morgan fingerprint density at radius 3 is 2.40 bits per heavy atom. The van der Waals surface area contributed by atoms with Gasteiger partial charge >= 0.3 is 12.3 Å². The van der Waals surface area contributed by atoms with E-state index in [9.17, 15) is 18.0 Å². The number of hydrogen-bond acceptors (Lipinski definition) is 2. The first-order chi connectivity index (χ1) is 11.5. The first-order valence-corrected chi connectivity index (χ1v) is 8.38. The zero-order chi connectivity index (χ0) is 18.7. The Kier molecular flexibility index (Phi) is 5.80. The molecule has 25 heavy (non-hydrogen) atoms. The number of amides is 1. The highest BCUT2D eigenvalue weighted by Crippen LogP contribution is 2.30. The molecule has 0 saturated carbocycles. The third-order valence-corrected chi connectivity index (χ3v) is 3.97. The number of carbonyl (C=O) groups is 1. The summed E-state index contributed by atoms with van der Waals surface area (Å²) in [7, 11) is 0. The average molecular weight is 355 g/mol. The third kappa shape index (κ3) is 6.11.